The first-order chi connectivity index (χ1) is 9.08. The molecule has 108 valence electrons. The zero-order chi connectivity index (χ0) is 13.8. The largest absolute Gasteiger partial charge is 0.481 e. The highest BCUT2D eigenvalue weighted by Crippen LogP contribution is 2.27. The Morgan fingerprint density at radius 3 is 2.26 bits per heavy atom. The van der Waals surface area contributed by atoms with Gasteiger partial charge in [0.25, 0.3) is 0 Å². The quantitative estimate of drug-likeness (QED) is 0.718. The van der Waals surface area contributed by atoms with Crippen molar-refractivity contribution in [2.75, 3.05) is 0 Å². The fourth-order valence-electron chi connectivity index (χ4n) is 3.28. The Hall–Kier alpha value is -1.10. The van der Waals surface area contributed by atoms with Crippen LogP contribution in [0.2, 0.25) is 0 Å². The number of carbonyl (C=O) groups is 2. The van der Waals surface area contributed by atoms with E-state index in [1.54, 1.807) is 0 Å². The lowest BCUT2D eigenvalue weighted by Gasteiger charge is -2.32. The number of carboxylic acids is 1. The molecular weight excluding hydrogens is 244 g/mol. The van der Waals surface area contributed by atoms with Crippen LogP contribution in [0.5, 0.6) is 0 Å². The summed E-state index contributed by atoms with van der Waals surface area (Å²) < 4.78 is 0. The van der Waals surface area contributed by atoms with Gasteiger partial charge in [-0.25, -0.2) is 0 Å². The number of carboxylic acid groups (broad SMARTS) is 1. The van der Waals surface area contributed by atoms with Crippen molar-refractivity contribution in [2.24, 2.45) is 17.6 Å². The van der Waals surface area contributed by atoms with Crippen LogP contribution in [0.15, 0.2) is 0 Å². The molecule has 0 aliphatic heterocycles. The predicted octanol–water partition coefficient (Wildman–Crippen LogP) is 1.26. The van der Waals surface area contributed by atoms with Crippen LogP contribution in [0.25, 0.3) is 0 Å². The molecule has 5 nitrogen and oxygen atoms in total. The van der Waals surface area contributed by atoms with E-state index >= 15 is 0 Å². The molecule has 0 aromatic carbocycles. The van der Waals surface area contributed by atoms with Gasteiger partial charge in [0.2, 0.25) is 5.91 Å². The maximum absolute atomic E-state index is 12.2. The molecule has 2 unspecified atom stereocenters. The highest BCUT2D eigenvalue weighted by atomic mass is 16.4. The lowest BCUT2D eigenvalue weighted by atomic mass is 9.82. The maximum Gasteiger partial charge on any atom is 0.308 e. The smallest absolute Gasteiger partial charge is 0.308 e. The molecule has 0 heterocycles. The lowest BCUT2D eigenvalue weighted by Crippen LogP contribution is -2.47. The van der Waals surface area contributed by atoms with E-state index in [0.29, 0.717) is 6.42 Å². The minimum atomic E-state index is -0.782. The van der Waals surface area contributed by atoms with Crippen LogP contribution in [-0.4, -0.2) is 29.1 Å². The molecule has 19 heavy (non-hydrogen) atoms. The van der Waals surface area contributed by atoms with Crippen molar-refractivity contribution >= 4 is 11.9 Å². The summed E-state index contributed by atoms with van der Waals surface area (Å²) in [6.45, 7) is 0. The van der Waals surface area contributed by atoms with Gasteiger partial charge in [-0.05, 0) is 38.5 Å². The van der Waals surface area contributed by atoms with Gasteiger partial charge < -0.3 is 16.2 Å². The number of nitrogens with two attached hydrogens (primary N) is 1. The molecule has 4 N–H and O–H groups in total. The van der Waals surface area contributed by atoms with Crippen molar-refractivity contribution in [1.29, 1.82) is 0 Å². The first-order valence-corrected chi connectivity index (χ1v) is 7.36. The van der Waals surface area contributed by atoms with Gasteiger partial charge in [-0.1, -0.05) is 12.8 Å². The molecule has 0 aromatic rings. The van der Waals surface area contributed by atoms with E-state index < -0.39 is 11.9 Å². The zero-order valence-electron chi connectivity index (χ0n) is 11.3. The third-order valence-corrected chi connectivity index (χ3v) is 4.55. The summed E-state index contributed by atoms with van der Waals surface area (Å²) in [7, 11) is 0. The van der Waals surface area contributed by atoms with Crippen LogP contribution < -0.4 is 11.1 Å². The van der Waals surface area contributed by atoms with Crippen LogP contribution in [0.1, 0.15) is 51.4 Å². The Balaban J connectivity index is 1.88. The van der Waals surface area contributed by atoms with Crippen molar-refractivity contribution in [3.8, 4) is 0 Å². The highest BCUT2D eigenvalue weighted by molar-refractivity contribution is 5.80. The maximum atomic E-state index is 12.2. The van der Waals surface area contributed by atoms with E-state index in [9.17, 15) is 14.7 Å². The fourth-order valence-corrected chi connectivity index (χ4v) is 3.28. The Morgan fingerprint density at radius 2 is 1.63 bits per heavy atom. The summed E-state index contributed by atoms with van der Waals surface area (Å²) in [5.74, 6) is -1.14. The number of aliphatic carboxylic acids is 1. The Kier molecular flexibility index (Phi) is 4.80. The van der Waals surface area contributed by atoms with Crippen LogP contribution in [0, 0.1) is 11.8 Å². The van der Waals surface area contributed by atoms with Gasteiger partial charge in [-0.2, -0.15) is 0 Å². The second-order valence-corrected chi connectivity index (χ2v) is 5.96. The summed E-state index contributed by atoms with van der Waals surface area (Å²) in [5.41, 5.74) is 5.83. The van der Waals surface area contributed by atoms with Crippen molar-refractivity contribution in [3.05, 3.63) is 0 Å². The van der Waals surface area contributed by atoms with Crippen molar-refractivity contribution in [2.45, 2.75) is 63.5 Å². The Bertz CT molecular complexity index is 338. The third kappa shape index (κ3) is 3.69. The number of carbonyl (C=O) groups excluding carboxylic acids is 1. The fraction of sp³-hybridized carbons (Fsp3) is 0.857. The van der Waals surface area contributed by atoms with Crippen LogP contribution in [0.3, 0.4) is 0 Å². The molecule has 5 heteroatoms. The number of amides is 1. The van der Waals surface area contributed by atoms with E-state index in [-0.39, 0.29) is 23.9 Å². The highest BCUT2D eigenvalue weighted by Gasteiger charge is 2.33. The van der Waals surface area contributed by atoms with Crippen molar-refractivity contribution < 1.29 is 14.7 Å². The number of hydrogen-bond donors (Lipinski definition) is 3. The molecule has 1 amide bonds. The summed E-state index contributed by atoms with van der Waals surface area (Å²) in [4.78, 5) is 23.4. The zero-order valence-corrected chi connectivity index (χ0v) is 11.3. The molecule has 0 radical (unpaired) electrons. The van der Waals surface area contributed by atoms with Gasteiger partial charge in [0.05, 0.1) is 5.92 Å². The second kappa shape index (κ2) is 6.37. The molecule has 0 spiro atoms. The minimum absolute atomic E-state index is 0.0242. The first-order valence-electron chi connectivity index (χ1n) is 7.36. The molecular formula is C14H24N2O3. The van der Waals surface area contributed by atoms with Gasteiger partial charge >= 0.3 is 5.97 Å². The monoisotopic (exact) mass is 268 g/mol. The van der Waals surface area contributed by atoms with Crippen molar-refractivity contribution in [1.82, 2.24) is 5.32 Å². The number of hydrogen-bond acceptors (Lipinski definition) is 3. The van der Waals surface area contributed by atoms with Gasteiger partial charge in [0.1, 0.15) is 0 Å². The molecule has 2 atom stereocenters. The van der Waals surface area contributed by atoms with E-state index in [4.69, 9.17) is 5.73 Å². The van der Waals surface area contributed by atoms with Crippen LogP contribution >= 0.6 is 0 Å². The molecule has 0 bridgehead atoms. The van der Waals surface area contributed by atoms with Crippen LogP contribution in [0.4, 0.5) is 0 Å². The average molecular weight is 268 g/mol. The van der Waals surface area contributed by atoms with Gasteiger partial charge in [0, 0.05) is 18.0 Å². The number of nitrogens with one attached hydrogen (secondary N) is 1. The van der Waals surface area contributed by atoms with Gasteiger partial charge in [0.15, 0.2) is 0 Å². The third-order valence-electron chi connectivity index (χ3n) is 4.55. The molecule has 0 aromatic heterocycles. The topological polar surface area (TPSA) is 92.4 Å². The molecule has 2 fully saturated rings. The SMILES string of the molecule is NC1CCC(C(=O)NC2CCCCC2C(=O)O)CC1. The van der Waals surface area contributed by atoms with E-state index in [1.165, 1.54) is 0 Å². The van der Waals surface area contributed by atoms with Gasteiger partial charge in [-0.3, -0.25) is 9.59 Å². The first kappa shape index (κ1) is 14.3. The molecule has 2 rings (SSSR count). The molecule has 2 aliphatic rings. The van der Waals surface area contributed by atoms with Crippen LogP contribution in [-0.2, 0) is 9.59 Å². The van der Waals surface area contributed by atoms with E-state index in [1.807, 2.05) is 0 Å². The van der Waals surface area contributed by atoms with Crippen molar-refractivity contribution in [3.63, 3.8) is 0 Å². The number of rotatable bonds is 3. The minimum Gasteiger partial charge on any atom is -0.481 e. The molecule has 2 saturated carbocycles. The Labute approximate surface area is 113 Å². The summed E-state index contributed by atoms with van der Waals surface area (Å²) in [6, 6.07) is 0.0415. The predicted molar refractivity (Wildman–Crippen MR) is 71.5 cm³/mol. The van der Waals surface area contributed by atoms with Gasteiger partial charge in [-0.15, -0.1) is 0 Å². The van der Waals surface area contributed by atoms with E-state index in [0.717, 1.165) is 44.9 Å². The second-order valence-electron chi connectivity index (χ2n) is 5.96. The van der Waals surface area contributed by atoms with E-state index in [2.05, 4.69) is 5.32 Å². The Morgan fingerprint density at radius 1 is 1.00 bits per heavy atom. The lowest BCUT2D eigenvalue weighted by molar-refractivity contribution is -0.144. The molecule has 2 aliphatic carbocycles. The summed E-state index contributed by atoms with van der Waals surface area (Å²) in [5, 5.41) is 12.2. The standard InChI is InChI=1S/C14H24N2O3/c15-10-7-5-9(6-8-10)13(17)16-12-4-2-1-3-11(12)14(18)19/h9-12H,1-8,15H2,(H,16,17)(H,18,19). The molecule has 0 saturated heterocycles. The normalized spacial score (nSPS) is 35.6. The average Bonchev–Trinajstić information content (AvgIpc) is 2.39. The summed E-state index contributed by atoms with van der Waals surface area (Å²) in [6.07, 6.45) is 6.86. The summed E-state index contributed by atoms with van der Waals surface area (Å²) >= 11 is 0.